The second-order valence-corrected chi connectivity index (χ2v) is 7.44. The second kappa shape index (κ2) is 4.64. The van der Waals surface area contributed by atoms with E-state index in [4.69, 9.17) is 0 Å². The van der Waals surface area contributed by atoms with Gasteiger partial charge in [-0.05, 0) is 38.5 Å². The zero-order valence-electron chi connectivity index (χ0n) is 11.1. The Bertz CT molecular complexity index is 507. The minimum Gasteiger partial charge on any atom is -0.387 e. The van der Waals surface area contributed by atoms with Gasteiger partial charge in [-0.1, -0.05) is 12.1 Å². The summed E-state index contributed by atoms with van der Waals surface area (Å²) in [7, 11) is -3.20. The standard InChI is InChI=1S/C13H20O4S/c1-12(2,14)13(3,15)9-10-5-7-11(8-6-10)18(4,16)17/h5-8,14-15H,9H2,1-4H3. The van der Waals surface area contributed by atoms with Gasteiger partial charge < -0.3 is 10.2 Å². The van der Waals surface area contributed by atoms with E-state index in [0.717, 1.165) is 11.8 Å². The largest absolute Gasteiger partial charge is 0.387 e. The van der Waals surface area contributed by atoms with E-state index in [1.165, 1.54) is 26.0 Å². The first kappa shape index (κ1) is 15.1. The van der Waals surface area contributed by atoms with E-state index in [0.29, 0.717) is 0 Å². The van der Waals surface area contributed by atoms with Crippen LogP contribution in [0, 0.1) is 0 Å². The highest BCUT2D eigenvalue weighted by molar-refractivity contribution is 7.90. The van der Waals surface area contributed by atoms with Gasteiger partial charge in [0.15, 0.2) is 9.84 Å². The van der Waals surface area contributed by atoms with Crippen LogP contribution in [0.15, 0.2) is 29.2 Å². The van der Waals surface area contributed by atoms with Gasteiger partial charge in [-0.25, -0.2) is 8.42 Å². The molecule has 18 heavy (non-hydrogen) atoms. The molecule has 0 amide bonds. The molecule has 0 spiro atoms. The van der Waals surface area contributed by atoms with Crippen molar-refractivity contribution in [2.75, 3.05) is 6.26 Å². The van der Waals surface area contributed by atoms with Crippen molar-refractivity contribution >= 4 is 9.84 Å². The summed E-state index contributed by atoms with van der Waals surface area (Å²) in [4.78, 5) is 0.245. The number of rotatable bonds is 4. The Balaban J connectivity index is 2.95. The molecule has 4 nitrogen and oxygen atoms in total. The maximum atomic E-state index is 11.3. The molecule has 5 heteroatoms. The minimum atomic E-state index is -3.20. The van der Waals surface area contributed by atoms with Gasteiger partial charge in [0.2, 0.25) is 0 Å². The number of aliphatic hydroxyl groups is 2. The molecular formula is C13H20O4S. The van der Waals surface area contributed by atoms with Gasteiger partial charge in [0.25, 0.3) is 0 Å². The quantitative estimate of drug-likeness (QED) is 0.862. The lowest BCUT2D eigenvalue weighted by molar-refractivity contribution is -0.118. The average molecular weight is 272 g/mol. The van der Waals surface area contributed by atoms with Crippen molar-refractivity contribution in [3.63, 3.8) is 0 Å². The van der Waals surface area contributed by atoms with Crippen LogP contribution in [0.2, 0.25) is 0 Å². The van der Waals surface area contributed by atoms with Crippen molar-refractivity contribution in [2.24, 2.45) is 0 Å². The molecular weight excluding hydrogens is 252 g/mol. The molecule has 0 bridgehead atoms. The zero-order valence-corrected chi connectivity index (χ0v) is 12.0. The molecule has 1 unspecified atom stereocenters. The molecule has 0 radical (unpaired) electrons. The highest BCUT2D eigenvalue weighted by Crippen LogP contribution is 2.26. The molecule has 1 aromatic carbocycles. The molecule has 1 aromatic rings. The van der Waals surface area contributed by atoms with Crippen LogP contribution in [0.4, 0.5) is 0 Å². The summed E-state index contributed by atoms with van der Waals surface area (Å²) >= 11 is 0. The van der Waals surface area contributed by atoms with Gasteiger partial charge in [0.05, 0.1) is 16.1 Å². The first-order valence-electron chi connectivity index (χ1n) is 5.67. The summed E-state index contributed by atoms with van der Waals surface area (Å²) in [6, 6.07) is 6.31. The Morgan fingerprint density at radius 1 is 1.06 bits per heavy atom. The number of hydrogen-bond acceptors (Lipinski definition) is 4. The molecule has 0 aromatic heterocycles. The van der Waals surface area contributed by atoms with Gasteiger partial charge in [-0.2, -0.15) is 0 Å². The van der Waals surface area contributed by atoms with Crippen molar-refractivity contribution in [3.05, 3.63) is 29.8 Å². The molecule has 0 aliphatic rings. The van der Waals surface area contributed by atoms with Crippen LogP contribution in [-0.4, -0.2) is 36.1 Å². The predicted octanol–water partition coefficient (Wildman–Crippen LogP) is 1.15. The molecule has 0 saturated heterocycles. The van der Waals surface area contributed by atoms with E-state index in [1.807, 2.05) is 0 Å². The summed E-state index contributed by atoms with van der Waals surface area (Å²) < 4.78 is 22.6. The van der Waals surface area contributed by atoms with Gasteiger partial charge in [-0.3, -0.25) is 0 Å². The van der Waals surface area contributed by atoms with Gasteiger partial charge in [0.1, 0.15) is 0 Å². The third-order valence-electron chi connectivity index (χ3n) is 3.22. The number of benzene rings is 1. The van der Waals surface area contributed by atoms with Crippen molar-refractivity contribution in [2.45, 2.75) is 43.3 Å². The third-order valence-corrected chi connectivity index (χ3v) is 4.35. The maximum Gasteiger partial charge on any atom is 0.175 e. The zero-order chi connectivity index (χ0) is 14.2. The Kier molecular flexibility index (Phi) is 3.91. The Hall–Kier alpha value is -0.910. The molecule has 0 saturated carbocycles. The van der Waals surface area contributed by atoms with E-state index in [-0.39, 0.29) is 11.3 Å². The van der Waals surface area contributed by atoms with E-state index in [1.54, 1.807) is 19.1 Å². The lowest BCUT2D eigenvalue weighted by atomic mass is 9.82. The van der Waals surface area contributed by atoms with Crippen molar-refractivity contribution in [1.29, 1.82) is 0 Å². The van der Waals surface area contributed by atoms with Crippen molar-refractivity contribution in [1.82, 2.24) is 0 Å². The molecule has 0 aliphatic heterocycles. The molecule has 1 rings (SSSR count). The Morgan fingerprint density at radius 3 is 1.83 bits per heavy atom. The Labute approximate surface area is 108 Å². The lowest BCUT2D eigenvalue weighted by Gasteiger charge is -2.35. The fourth-order valence-electron chi connectivity index (χ4n) is 1.47. The SMILES string of the molecule is CC(C)(O)C(C)(O)Cc1ccc(S(C)(=O)=O)cc1. The van der Waals surface area contributed by atoms with Gasteiger partial charge in [-0.15, -0.1) is 0 Å². The van der Waals surface area contributed by atoms with E-state index < -0.39 is 21.0 Å². The molecule has 0 fully saturated rings. The highest BCUT2D eigenvalue weighted by atomic mass is 32.2. The molecule has 102 valence electrons. The lowest BCUT2D eigenvalue weighted by Crippen LogP contribution is -2.49. The van der Waals surface area contributed by atoms with Crippen LogP contribution >= 0.6 is 0 Å². The van der Waals surface area contributed by atoms with Crippen LogP contribution in [0.5, 0.6) is 0 Å². The normalized spacial score (nSPS) is 16.3. The number of hydrogen-bond donors (Lipinski definition) is 2. The van der Waals surface area contributed by atoms with Crippen LogP contribution in [0.3, 0.4) is 0 Å². The Morgan fingerprint density at radius 2 is 1.50 bits per heavy atom. The van der Waals surface area contributed by atoms with E-state index in [9.17, 15) is 18.6 Å². The summed E-state index contributed by atoms with van der Waals surface area (Å²) in [6.07, 6.45) is 1.40. The molecule has 0 heterocycles. The molecule has 1 atom stereocenters. The van der Waals surface area contributed by atoms with Crippen LogP contribution in [0.1, 0.15) is 26.3 Å². The van der Waals surface area contributed by atoms with Crippen molar-refractivity contribution in [3.8, 4) is 0 Å². The summed E-state index contributed by atoms with van der Waals surface area (Å²) in [5.41, 5.74) is -1.74. The third kappa shape index (κ3) is 3.54. The van der Waals surface area contributed by atoms with Crippen molar-refractivity contribution < 1.29 is 18.6 Å². The molecule has 0 aliphatic carbocycles. The van der Waals surface area contributed by atoms with E-state index >= 15 is 0 Å². The first-order valence-corrected chi connectivity index (χ1v) is 7.56. The van der Waals surface area contributed by atoms with Crippen LogP contribution in [0.25, 0.3) is 0 Å². The second-order valence-electron chi connectivity index (χ2n) is 5.43. The smallest absolute Gasteiger partial charge is 0.175 e. The van der Waals surface area contributed by atoms with Gasteiger partial charge in [0, 0.05) is 12.7 Å². The van der Waals surface area contributed by atoms with Gasteiger partial charge >= 0.3 is 0 Å². The highest BCUT2D eigenvalue weighted by Gasteiger charge is 2.37. The first-order chi connectivity index (χ1) is 7.93. The fraction of sp³-hybridized carbons (Fsp3) is 0.538. The molecule has 2 N–H and O–H groups in total. The summed E-state index contributed by atoms with van der Waals surface area (Å²) in [6.45, 7) is 4.63. The van der Waals surface area contributed by atoms with Crippen LogP contribution < -0.4 is 0 Å². The monoisotopic (exact) mass is 272 g/mol. The maximum absolute atomic E-state index is 11.3. The summed E-state index contributed by atoms with van der Waals surface area (Å²) in [5, 5.41) is 20.0. The topological polar surface area (TPSA) is 74.6 Å². The fourth-order valence-corrected chi connectivity index (χ4v) is 2.10. The van der Waals surface area contributed by atoms with E-state index in [2.05, 4.69) is 0 Å². The minimum absolute atomic E-state index is 0.245. The summed E-state index contributed by atoms with van der Waals surface area (Å²) in [5.74, 6) is 0. The average Bonchev–Trinajstić information content (AvgIpc) is 2.14. The number of sulfone groups is 1. The van der Waals surface area contributed by atoms with Crippen LogP contribution in [-0.2, 0) is 16.3 Å². The predicted molar refractivity (Wildman–Crippen MR) is 70.2 cm³/mol.